The Morgan fingerprint density at radius 2 is 0.685 bits per heavy atom. The van der Waals surface area contributed by atoms with Crippen molar-refractivity contribution in [2.45, 2.75) is 0 Å². The Kier molecular flexibility index (Phi) is 8.47. The second kappa shape index (κ2) is 13.7. The molecule has 0 radical (unpaired) electrons. The van der Waals surface area contributed by atoms with Gasteiger partial charge in [0, 0.05) is 55.4 Å². The molecule has 0 spiro atoms. The molecule has 2 N–H and O–H groups in total. The maximum Gasteiger partial charge on any atom is 0.252 e. The summed E-state index contributed by atoms with van der Waals surface area (Å²) in [5.41, 5.74) is 14.6. The van der Waals surface area contributed by atoms with Gasteiger partial charge in [0.25, 0.3) is 10.5 Å². The van der Waals surface area contributed by atoms with Crippen LogP contribution in [0.3, 0.4) is 0 Å². The molecule has 5 heterocycles. The molecule has 6 nitrogen and oxygen atoms in total. The SMILES string of the molecule is O=C(Cl)c1ccc(-c2c3nc(c(-c4ccccc4)c4ccc([nH]4)c(-c4ccc(C(=O)Cl)cc4)c4ccc([nH]4)c(-c4ccccc4)c4nc2C=C4)C=C3)cc1. The first-order valence-electron chi connectivity index (χ1n) is 17.3. The molecule has 0 amide bonds. The molecule has 8 bridgehead atoms. The summed E-state index contributed by atoms with van der Waals surface area (Å²) in [6.45, 7) is 0. The van der Waals surface area contributed by atoms with E-state index in [1.54, 1.807) is 24.3 Å². The van der Waals surface area contributed by atoms with E-state index in [0.717, 1.165) is 89.4 Å². The van der Waals surface area contributed by atoms with Crippen LogP contribution in [0.5, 0.6) is 0 Å². The van der Waals surface area contributed by atoms with Gasteiger partial charge in [-0.05, 0) is 118 Å². The highest BCUT2D eigenvalue weighted by atomic mass is 35.5. The van der Waals surface area contributed by atoms with Crippen molar-refractivity contribution >= 4 is 80.1 Å². The number of nitrogens with zero attached hydrogens (tertiary/aromatic N) is 2. The minimum atomic E-state index is -0.519. The Morgan fingerprint density at radius 1 is 0.370 bits per heavy atom. The van der Waals surface area contributed by atoms with Crippen LogP contribution in [0.4, 0.5) is 0 Å². The van der Waals surface area contributed by atoms with Gasteiger partial charge in [-0.1, -0.05) is 84.9 Å². The fourth-order valence-corrected chi connectivity index (χ4v) is 7.42. The molecule has 4 aromatic carbocycles. The molecule has 258 valence electrons. The van der Waals surface area contributed by atoms with Crippen molar-refractivity contribution in [3.63, 3.8) is 0 Å². The number of carbonyl (C=O) groups is 2. The van der Waals surface area contributed by atoms with E-state index in [1.807, 2.05) is 85.0 Å². The van der Waals surface area contributed by atoms with Gasteiger partial charge in [0.15, 0.2) is 0 Å². The van der Waals surface area contributed by atoms with E-state index in [-0.39, 0.29) is 0 Å². The molecular formula is C46H28Cl2N4O2. The number of aromatic nitrogens is 4. The number of hydrogen-bond donors (Lipinski definition) is 2. The predicted molar refractivity (Wildman–Crippen MR) is 221 cm³/mol. The molecule has 3 aromatic heterocycles. The number of H-pyrrole nitrogens is 2. The quantitative estimate of drug-likeness (QED) is 0.166. The first kappa shape index (κ1) is 33.3. The maximum absolute atomic E-state index is 12.0. The number of aromatic amines is 2. The lowest BCUT2D eigenvalue weighted by atomic mass is 10.0. The number of halogens is 2. The lowest BCUT2D eigenvalue weighted by Crippen LogP contribution is -1.93. The molecule has 2 aliphatic heterocycles. The van der Waals surface area contributed by atoms with E-state index in [2.05, 4.69) is 58.5 Å². The fraction of sp³-hybridized carbons (Fsp3) is 0. The average molecular weight is 740 g/mol. The molecule has 0 atom stereocenters. The summed E-state index contributed by atoms with van der Waals surface area (Å²) in [5, 5.41) is -1.03. The number of fused-ring (bicyclic) bond motifs is 8. The number of carbonyl (C=O) groups excluding carboxylic acids is 2. The first-order valence-corrected chi connectivity index (χ1v) is 18.0. The second-order valence-electron chi connectivity index (χ2n) is 12.9. The molecule has 8 heteroatoms. The van der Waals surface area contributed by atoms with Crippen LogP contribution >= 0.6 is 23.2 Å². The fourth-order valence-electron chi connectivity index (χ4n) is 7.17. The summed E-state index contributed by atoms with van der Waals surface area (Å²) in [4.78, 5) is 42.0. The monoisotopic (exact) mass is 738 g/mol. The van der Waals surface area contributed by atoms with Crippen LogP contribution in [-0.4, -0.2) is 30.4 Å². The Hall–Kier alpha value is -6.60. The van der Waals surface area contributed by atoms with E-state index >= 15 is 0 Å². The minimum Gasteiger partial charge on any atom is -0.354 e. The van der Waals surface area contributed by atoms with Crippen molar-refractivity contribution < 1.29 is 9.59 Å². The van der Waals surface area contributed by atoms with Gasteiger partial charge in [0.1, 0.15) is 0 Å². The standard InChI is InChI=1S/C46H28Cl2N4O2/c47-45(53)31-15-11-29(12-16-31)43-37-23-19-33(49-37)41(27-7-3-1-4-8-27)34-20-24-38(50-34)44(30-13-17-32(18-14-30)46(48)54)40-26-22-36(52-40)42(28-9-5-2-6-10-28)35-21-25-39(43)51-35/h1-26,49,51H. The average Bonchev–Trinajstić information content (AvgIpc) is 4.04. The van der Waals surface area contributed by atoms with Crippen LogP contribution in [0.15, 0.2) is 133 Å². The molecule has 0 aliphatic carbocycles. The normalized spacial score (nSPS) is 11.9. The van der Waals surface area contributed by atoms with Crippen LogP contribution in [-0.2, 0) is 0 Å². The van der Waals surface area contributed by atoms with Crippen molar-refractivity contribution in [3.05, 3.63) is 167 Å². The lowest BCUT2D eigenvalue weighted by Gasteiger charge is -2.07. The molecule has 2 aliphatic rings. The Balaban J connectivity index is 1.44. The van der Waals surface area contributed by atoms with Crippen LogP contribution in [0.25, 0.3) is 90.9 Å². The highest BCUT2D eigenvalue weighted by Crippen LogP contribution is 2.38. The van der Waals surface area contributed by atoms with Gasteiger partial charge in [-0.3, -0.25) is 9.59 Å². The Labute approximate surface area is 320 Å². The molecule has 0 saturated heterocycles. The zero-order valence-corrected chi connectivity index (χ0v) is 30.0. The lowest BCUT2D eigenvalue weighted by molar-refractivity contribution is 0.107. The molecule has 0 saturated carbocycles. The van der Waals surface area contributed by atoms with Crippen LogP contribution in [0.1, 0.15) is 43.5 Å². The van der Waals surface area contributed by atoms with Gasteiger partial charge in [-0.25, -0.2) is 9.97 Å². The van der Waals surface area contributed by atoms with E-state index in [1.165, 1.54) is 0 Å². The summed E-state index contributed by atoms with van der Waals surface area (Å²) < 4.78 is 0. The topological polar surface area (TPSA) is 91.5 Å². The third kappa shape index (κ3) is 6.07. The number of nitrogens with one attached hydrogen (secondary N) is 2. The van der Waals surface area contributed by atoms with Crippen molar-refractivity contribution in [3.8, 4) is 44.5 Å². The van der Waals surface area contributed by atoms with Crippen molar-refractivity contribution in [1.82, 2.24) is 19.9 Å². The Bertz CT molecular complexity index is 2720. The van der Waals surface area contributed by atoms with Gasteiger partial charge in [0.05, 0.1) is 22.8 Å². The third-order valence-electron chi connectivity index (χ3n) is 9.68. The molecule has 7 aromatic rings. The van der Waals surface area contributed by atoms with Crippen molar-refractivity contribution in [2.24, 2.45) is 0 Å². The zero-order chi connectivity index (χ0) is 36.8. The molecule has 0 fully saturated rings. The summed E-state index contributed by atoms with van der Waals surface area (Å²) in [7, 11) is 0. The highest BCUT2D eigenvalue weighted by molar-refractivity contribution is 6.68. The predicted octanol–water partition coefficient (Wildman–Crippen LogP) is 12.1. The molecule has 54 heavy (non-hydrogen) atoms. The highest BCUT2D eigenvalue weighted by Gasteiger charge is 2.20. The van der Waals surface area contributed by atoms with Gasteiger partial charge >= 0.3 is 0 Å². The second-order valence-corrected chi connectivity index (χ2v) is 13.6. The van der Waals surface area contributed by atoms with Crippen LogP contribution in [0, 0.1) is 0 Å². The number of benzene rings is 4. The van der Waals surface area contributed by atoms with Gasteiger partial charge in [0.2, 0.25) is 0 Å². The first-order chi connectivity index (χ1) is 26.4. The molecule has 9 rings (SSSR count). The van der Waals surface area contributed by atoms with Crippen molar-refractivity contribution in [2.75, 3.05) is 0 Å². The van der Waals surface area contributed by atoms with E-state index in [0.29, 0.717) is 11.1 Å². The van der Waals surface area contributed by atoms with Crippen LogP contribution < -0.4 is 0 Å². The van der Waals surface area contributed by atoms with E-state index < -0.39 is 10.5 Å². The van der Waals surface area contributed by atoms with E-state index in [4.69, 9.17) is 33.2 Å². The summed E-state index contributed by atoms with van der Waals surface area (Å²) in [6, 6.07) is 43.2. The largest absolute Gasteiger partial charge is 0.354 e. The third-order valence-corrected chi connectivity index (χ3v) is 10.1. The van der Waals surface area contributed by atoms with E-state index in [9.17, 15) is 9.59 Å². The summed E-state index contributed by atoms with van der Waals surface area (Å²) in [5.74, 6) is 0. The van der Waals surface area contributed by atoms with Crippen molar-refractivity contribution in [1.29, 1.82) is 0 Å². The molecule has 0 unspecified atom stereocenters. The molecular weight excluding hydrogens is 711 g/mol. The smallest absolute Gasteiger partial charge is 0.252 e. The summed E-state index contributed by atoms with van der Waals surface area (Å²) >= 11 is 11.7. The Morgan fingerprint density at radius 3 is 1.06 bits per heavy atom. The summed E-state index contributed by atoms with van der Waals surface area (Å²) in [6.07, 6.45) is 8.09. The number of hydrogen-bond acceptors (Lipinski definition) is 4. The maximum atomic E-state index is 12.0. The zero-order valence-electron chi connectivity index (χ0n) is 28.5. The minimum absolute atomic E-state index is 0.408. The van der Waals surface area contributed by atoms with Gasteiger partial charge in [-0.2, -0.15) is 0 Å². The number of rotatable bonds is 6. The van der Waals surface area contributed by atoms with Gasteiger partial charge < -0.3 is 9.97 Å². The van der Waals surface area contributed by atoms with Gasteiger partial charge in [-0.15, -0.1) is 0 Å². The van der Waals surface area contributed by atoms with Crippen LogP contribution in [0.2, 0.25) is 0 Å².